The number of hydrogen-bond acceptors (Lipinski definition) is 1. The number of aromatic hydroxyl groups is 1. The van der Waals surface area contributed by atoms with E-state index in [1.807, 2.05) is 13.8 Å². The van der Waals surface area contributed by atoms with Crippen molar-refractivity contribution in [3.05, 3.63) is 58.2 Å². The van der Waals surface area contributed by atoms with Gasteiger partial charge in [0.15, 0.2) is 0 Å². The third-order valence-electron chi connectivity index (χ3n) is 4.52. The van der Waals surface area contributed by atoms with Crippen LogP contribution < -0.4 is 0 Å². The molecule has 0 aliphatic heterocycles. The number of alkyl halides is 1. The molecule has 1 nitrogen and oxygen atoms in total. The van der Waals surface area contributed by atoms with Gasteiger partial charge in [-0.2, -0.15) is 0 Å². The van der Waals surface area contributed by atoms with Crippen molar-refractivity contribution in [2.75, 3.05) is 5.33 Å². The molecular weight excluding hydrogens is 348 g/mol. The van der Waals surface area contributed by atoms with Crippen LogP contribution in [-0.4, -0.2) is 10.4 Å². The van der Waals surface area contributed by atoms with Gasteiger partial charge in [-0.3, -0.25) is 0 Å². The van der Waals surface area contributed by atoms with Gasteiger partial charge >= 0.3 is 0 Å². The predicted molar refractivity (Wildman–Crippen MR) is 104 cm³/mol. The minimum Gasteiger partial charge on any atom is -0.507 e. The highest BCUT2D eigenvalue weighted by molar-refractivity contribution is 9.09. The molecule has 0 aromatic heterocycles. The number of benzene rings is 1. The summed E-state index contributed by atoms with van der Waals surface area (Å²) in [6.07, 6.45) is 12.8. The molecule has 1 saturated carbocycles. The minimum absolute atomic E-state index is 0.416. The maximum Gasteiger partial charge on any atom is 0.121 e. The van der Waals surface area contributed by atoms with Gasteiger partial charge in [0.2, 0.25) is 0 Å². The van der Waals surface area contributed by atoms with Crippen LogP contribution in [0.2, 0.25) is 0 Å². The molecule has 1 aromatic rings. The van der Waals surface area contributed by atoms with Crippen LogP contribution in [0.4, 0.5) is 0 Å². The summed E-state index contributed by atoms with van der Waals surface area (Å²) in [6, 6.07) is 4.26. The second-order valence-corrected chi connectivity index (χ2v) is 6.96. The first-order chi connectivity index (χ1) is 11.1. The van der Waals surface area contributed by atoms with Crippen molar-refractivity contribution < 1.29 is 5.11 Å². The summed E-state index contributed by atoms with van der Waals surface area (Å²) in [7, 11) is 0. The maximum absolute atomic E-state index is 10.1. The molecule has 0 amide bonds. The molecule has 2 heteroatoms. The number of halogens is 1. The first kappa shape index (κ1) is 18.1. The van der Waals surface area contributed by atoms with E-state index in [-0.39, 0.29) is 0 Å². The van der Waals surface area contributed by atoms with Gasteiger partial charge in [0.25, 0.3) is 0 Å². The van der Waals surface area contributed by atoms with Gasteiger partial charge in [0.1, 0.15) is 5.75 Å². The zero-order valence-corrected chi connectivity index (χ0v) is 16.0. The van der Waals surface area contributed by atoms with E-state index >= 15 is 0 Å². The Bertz CT molecular complexity index is 619. The second kappa shape index (κ2) is 8.54. The Morgan fingerprint density at radius 2 is 1.74 bits per heavy atom. The Labute approximate surface area is 148 Å². The molecule has 0 radical (unpaired) electrons. The molecule has 0 saturated heterocycles. The summed E-state index contributed by atoms with van der Waals surface area (Å²) in [5.74, 6) is 0.416. The fraction of sp³-hybridized carbons (Fsp3) is 0.429. The van der Waals surface area contributed by atoms with Crippen molar-refractivity contribution in [2.45, 2.75) is 52.9 Å². The SMILES string of the molecule is C/C=C\C(=C/CBr)C(=C1CCCCC1)c1cc(C)c(O)c(C)c1. The molecule has 1 fully saturated rings. The lowest BCUT2D eigenvalue weighted by atomic mass is 9.83. The minimum atomic E-state index is 0.416. The van der Waals surface area contributed by atoms with E-state index in [9.17, 15) is 5.11 Å². The van der Waals surface area contributed by atoms with Gasteiger partial charge in [0.05, 0.1) is 0 Å². The van der Waals surface area contributed by atoms with Crippen molar-refractivity contribution in [3.8, 4) is 5.75 Å². The monoisotopic (exact) mass is 374 g/mol. The van der Waals surface area contributed by atoms with Gasteiger partial charge in [-0.1, -0.05) is 46.2 Å². The summed E-state index contributed by atoms with van der Waals surface area (Å²) < 4.78 is 0. The zero-order chi connectivity index (χ0) is 16.8. The van der Waals surface area contributed by atoms with Crippen molar-refractivity contribution in [1.29, 1.82) is 0 Å². The lowest BCUT2D eigenvalue weighted by molar-refractivity contribution is 0.467. The number of aryl methyl sites for hydroxylation is 2. The first-order valence-electron chi connectivity index (χ1n) is 8.50. The molecule has 1 aromatic carbocycles. The predicted octanol–water partition coefficient (Wildman–Crippen LogP) is 6.62. The van der Waals surface area contributed by atoms with E-state index in [0.29, 0.717) is 5.75 Å². The largest absolute Gasteiger partial charge is 0.507 e. The molecule has 0 atom stereocenters. The molecule has 2 rings (SSSR count). The highest BCUT2D eigenvalue weighted by atomic mass is 79.9. The second-order valence-electron chi connectivity index (χ2n) is 6.31. The van der Waals surface area contributed by atoms with Crippen LogP contribution in [0.1, 0.15) is 55.7 Å². The van der Waals surface area contributed by atoms with E-state index in [4.69, 9.17) is 0 Å². The number of phenols is 1. The van der Waals surface area contributed by atoms with Gasteiger partial charge in [-0.25, -0.2) is 0 Å². The summed E-state index contributed by atoms with van der Waals surface area (Å²) in [5, 5.41) is 11.0. The van der Waals surface area contributed by atoms with Crippen LogP contribution in [0.15, 0.2) is 41.5 Å². The molecule has 0 unspecified atom stereocenters. The van der Waals surface area contributed by atoms with Crippen molar-refractivity contribution in [3.63, 3.8) is 0 Å². The topological polar surface area (TPSA) is 20.2 Å². The van der Waals surface area contributed by atoms with Gasteiger partial charge < -0.3 is 5.11 Å². The molecule has 0 heterocycles. The fourth-order valence-corrected chi connectivity index (χ4v) is 3.77. The van der Waals surface area contributed by atoms with Gasteiger partial charge in [0, 0.05) is 5.33 Å². The third-order valence-corrected chi connectivity index (χ3v) is 4.85. The standard InChI is InChI=1S/C21H27BrO/c1-4-8-17(11-12-22)20(18-9-6-5-7-10-18)19-13-15(2)21(23)16(3)14-19/h4,8,11,13-14,23H,5-7,9-10,12H2,1-3H3/b8-4-,17-11+. The van der Waals surface area contributed by atoms with E-state index in [0.717, 1.165) is 16.5 Å². The van der Waals surface area contributed by atoms with Crippen LogP contribution >= 0.6 is 15.9 Å². The number of allylic oxidation sites excluding steroid dienone is 6. The number of phenolic OH excluding ortho intramolecular Hbond substituents is 1. The molecule has 1 aliphatic carbocycles. The molecule has 1 N–H and O–H groups in total. The molecule has 124 valence electrons. The zero-order valence-electron chi connectivity index (χ0n) is 14.5. The molecule has 1 aliphatic rings. The van der Waals surface area contributed by atoms with Crippen molar-refractivity contribution in [2.24, 2.45) is 0 Å². The lowest BCUT2D eigenvalue weighted by Crippen LogP contribution is -2.01. The highest BCUT2D eigenvalue weighted by Crippen LogP contribution is 2.37. The fourth-order valence-electron chi connectivity index (χ4n) is 3.42. The van der Waals surface area contributed by atoms with Crippen LogP contribution in [0.25, 0.3) is 5.57 Å². The van der Waals surface area contributed by atoms with E-state index < -0.39 is 0 Å². The van der Waals surface area contributed by atoms with Crippen LogP contribution in [0.3, 0.4) is 0 Å². The number of hydrogen-bond donors (Lipinski definition) is 1. The molecular formula is C21H27BrO. The highest BCUT2D eigenvalue weighted by Gasteiger charge is 2.17. The van der Waals surface area contributed by atoms with Gasteiger partial charge in [-0.05, 0) is 86.4 Å². The first-order valence-corrected chi connectivity index (χ1v) is 9.62. The van der Waals surface area contributed by atoms with Gasteiger partial charge in [-0.15, -0.1) is 0 Å². The Morgan fingerprint density at radius 1 is 1.13 bits per heavy atom. The summed E-state index contributed by atoms with van der Waals surface area (Å²) >= 11 is 3.55. The van der Waals surface area contributed by atoms with Crippen LogP contribution in [0.5, 0.6) is 5.75 Å². The normalized spacial score (nSPS) is 16.2. The lowest BCUT2D eigenvalue weighted by Gasteiger charge is -2.22. The van der Waals surface area contributed by atoms with E-state index in [1.165, 1.54) is 48.8 Å². The Kier molecular flexibility index (Phi) is 6.71. The Hall–Kier alpha value is -1.28. The third kappa shape index (κ3) is 4.38. The Balaban J connectivity index is 2.65. The van der Waals surface area contributed by atoms with Crippen LogP contribution in [0, 0.1) is 13.8 Å². The van der Waals surface area contributed by atoms with Crippen LogP contribution in [-0.2, 0) is 0 Å². The molecule has 23 heavy (non-hydrogen) atoms. The van der Waals surface area contributed by atoms with Crippen molar-refractivity contribution in [1.82, 2.24) is 0 Å². The quantitative estimate of drug-likeness (QED) is 0.463. The average molecular weight is 375 g/mol. The van der Waals surface area contributed by atoms with Crippen molar-refractivity contribution >= 4 is 21.5 Å². The summed E-state index contributed by atoms with van der Waals surface area (Å²) in [6.45, 7) is 6.04. The summed E-state index contributed by atoms with van der Waals surface area (Å²) in [4.78, 5) is 0. The summed E-state index contributed by atoms with van der Waals surface area (Å²) in [5.41, 5.74) is 7.35. The molecule has 0 bridgehead atoms. The smallest absolute Gasteiger partial charge is 0.121 e. The van der Waals surface area contributed by atoms with E-state index in [2.05, 4.69) is 53.2 Å². The van der Waals surface area contributed by atoms with E-state index in [1.54, 1.807) is 5.57 Å². The Morgan fingerprint density at radius 3 is 2.26 bits per heavy atom. The molecule has 0 spiro atoms. The average Bonchev–Trinajstić information content (AvgIpc) is 2.54. The number of rotatable bonds is 4. The maximum atomic E-state index is 10.1.